The molecule has 0 heterocycles. The van der Waals surface area contributed by atoms with E-state index in [1.165, 1.54) is 11.1 Å². The zero-order chi connectivity index (χ0) is 12.0. The largest absolute Gasteiger partial charge is 0.494 e. The van der Waals surface area contributed by atoms with E-state index in [1.807, 2.05) is 26.1 Å². The van der Waals surface area contributed by atoms with Crippen molar-refractivity contribution in [1.82, 2.24) is 5.32 Å². The van der Waals surface area contributed by atoms with Gasteiger partial charge in [-0.2, -0.15) is 0 Å². The molecule has 1 aromatic carbocycles. The third-order valence-corrected chi connectivity index (χ3v) is 2.70. The zero-order valence-corrected chi connectivity index (χ0v) is 10.6. The molecule has 1 atom stereocenters. The van der Waals surface area contributed by atoms with E-state index in [-0.39, 0.29) is 0 Å². The van der Waals surface area contributed by atoms with Gasteiger partial charge in [0.1, 0.15) is 5.75 Å². The number of hydrogen-bond acceptors (Lipinski definition) is 2. The second kappa shape index (κ2) is 6.33. The Morgan fingerprint density at radius 1 is 1.38 bits per heavy atom. The van der Waals surface area contributed by atoms with Crippen molar-refractivity contribution in [2.75, 3.05) is 13.7 Å². The molecule has 0 aromatic heterocycles. The van der Waals surface area contributed by atoms with Gasteiger partial charge in [0.25, 0.3) is 0 Å². The summed E-state index contributed by atoms with van der Waals surface area (Å²) < 4.78 is 5.40. The van der Waals surface area contributed by atoms with Crippen LogP contribution in [-0.4, -0.2) is 19.7 Å². The Balaban J connectivity index is 2.74. The zero-order valence-electron chi connectivity index (χ0n) is 10.6. The number of likely N-dealkylation sites (N-methyl/N-ethyl adjacent to an activating group) is 1. The van der Waals surface area contributed by atoms with Crippen LogP contribution in [0.25, 0.3) is 6.08 Å². The summed E-state index contributed by atoms with van der Waals surface area (Å²) in [5, 5.41) is 3.22. The van der Waals surface area contributed by atoms with E-state index in [1.54, 1.807) is 0 Å². The van der Waals surface area contributed by atoms with Gasteiger partial charge in [-0.15, -0.1) is 0 Å². The van der Waals surface area contributed by atoms with Crippen LogP contribution in [0.4, 0.5) is 0 Å². The van der Waals surface area contributed by atoms with Crippen molar-refractivity contribution >= 4 is 6.08 Å². The van der Waals surface area contributed by atoms with Crippen LogP contribution in [0.5, 0.6) is 5.75 Å². The van der Waals surface area contributed by atoms with Crippen molar-refractivity contribution in [3.63, 3.8) is 0 Å². The summed E-state index contributed by atoms with van der Waals surface area (Å²) in [7, 11) is 1.97. The lowest BCUT2D eigenvalue weighted by Gasteiger charge is -2.10. The summed E-state index contributed by atoms with van der Waals surface area (Å²) in [4.78, 5) is 0. The molecule has 0 spiro atoms. The van der Waals surface area contributed by atoms with Crippen LogP contribution in [-0.2, 0) is 0 Å². The van der Waals surface area contributed by atoms with E-state index >= 15 is 0 Å². The van der Waals surface area contributed by atoms with Crippen molar-refractivity contribution in [2.24, 2.45) is 0 Å². The van der Waals surface area contributed by atoms with Crippen molar-refractivity contribution in [2.45, 2.75) is 26.8 Å². The molecule has 88 valence electrons. The lowest BCUT2D eigenvalue weighted by Crippen LogP contribution is -2.21. The molecule has 1 aromatic rings. The van der Waals surface area contributed by atoms with E-state index in [4.69, 9.17) is 4.74 Å². The second-order valence-corrected chi connectivity index (χ2v) is 3.90. The monoisotopic (exact) mass is 219 g/mol. The Morgan fingerprint density at radius 3 is 2.50 bits per heavy atom. The number of ether oxygens (including phenoxy) is 1. The maximum atomic E-state index is 5.40. The molecule has 0 aliphatic carbocycles. The summed E-state index contributed by atoms with van der Waals surface area (Å²) in [5.74, 6) is 0.930. The molecule has 2 nitrogen and oxygen atoms in total. The Labute approximate surface area is 98.3 Å². The summed E-state index contributed by atoms with van der Waals surface area (Å²) in [6.07, 6.45) is 2.19. The van der Waals surface area contributed by atoms with Crippen molar-refractivity contribution < 1.29 is 4.74 Å². The Bertz CT molecular complexity index is 340. The van der Waals surface area contributed by atoms with Gasteiger partial charge in [-0.05, 0) is 45.5 Å². The van der Waals surface area contributed by atoms with E-state index < -0.39 is 0 Å². The topological polar surface area (TPSA) is 21.3 Å². The van der Waals surface area contributed by atoms with Crippen molar-refractivity contribution in [1.29, 1.82) is 0 Å². The van der Waals surface area contributed by atoms with Crippen LogP contribution in [0, 0.1) is 0 Å². The van der Waals surface area contributed by atoms with Gasteiger partial charge in [-0.3, -0.25) is 0 Å². The van der Waals surface area contributed by atoms with Gasteiger partial charge in [0.2, 0.25) is 0 Å². The van der Waals surface area contributed by atoms with Crippen LogP contribution in [0.2, 0.25) is 0 Å². The fraction of sp³-hybridized carbons (Fsp3) is 0.429. The summed E-state index contributed by atoms with van der Waals surface area (Å²) >= 11 is 0. The Morgan fingerprint density at radius 2 is 2.00 bits per heavy atom. The molecule has 1 N–H and O–H groups in total. The average Bonchev–Trinajstić information content (AvgIpc) is 2.31. The molecule has 1 rings (SSSR count). The first-order valence-electron chi connectivity index (χ1n) is 5.75. The smallest absolute Gasteiger partial charge is 0.119 e. The van der Waals surface area contributed by atoms with Gasteiger partial charge >= 0.3 is 0 Å². The highest BCUT2D eigenvalue weighted by molar-refractivity contribution is 5.54. The first-order chi connectivity index (χ1) is 7.67. The average molecular weight is 219 g/mol. The standard InChI is InChI=1S/C14H21NO/c1-5-16-14-8-6-13(7-9-14)10-11(2)12(3)15-4/h6-10,12,15H,5H2,1-4H3/b11-10-. The molecule has 0 aliphatic rings. The number of nitrogens with one attached hydrogen (secondary N) is 1. The van der Waals surface area contributed by atoms with Gasteiger partial charge < -0.3 is 10.1 Å². The lowest BCUT2D eigenvalue weighted by atomic mass is 10.1. The van der Waals surface area contributed by atoms with E-state index in [0.29, 0.717) is 12.6 Å². The predicted octanol–water partition coefficient (Wildman–Crippen LogP) is 3.10. The van der Waals surface area contributed by atoms with Crippen LogP contribution >= 0.6 is 0 Å². The SMILES string of the molecule is CCOc1ccc(/C=C(/C)C(C)NC)cc1. The summed E-state index contributed by atoms with van der Waals surface area (Å²) in [6, 6.07) is 8.58. The number of rotatable bonds is 5. The van der Waals surface area contributed by atoms with E-state index in [9.17, 15) is 0 Å². The van der Waals surface area contributed by atoms with Gasteiger partial charge in [-0.25, -0.2) is 0 Å². The van der Waals surface area contributed by atoms with Gasteiger partial charge in [0.15, 0.2) is 0 Å². The first kappa shape index (κ1) is 12.8. The minimum absolute atomic E-state index is 0.409. The second-order valence-electron chi connectivity index (χ2n) is 3.90. The highest BCUT2D eigenvalue weighted by Crippen LogP contribution is 2.15. The fourth-order valence-corrected chi connectivity index (χ4v) is 1.44. The Kier molecular flexibility index (Phi) is 5.06. The van der Waals surface area contributed by atoms with Gasteiger partial charge in [-0.1, -0.05) is 23.8 Å². The lowest BCUT2D eigenvalue weighted by molar-refractivity contribution is 0.340. The van der Waals surface area contributed by atoms with Crippen molar-refractivity contribution in [3.8, 4) is 5.75 Å². The molecule has 2 heteroatoms. The summed E-state index contributed by atoms with van der Waals surface area (Å²) in [5.41, 5.74) is 2.54. The summed E-state index contributed by atoms with van der Waals surface area (Å²) in [6.45, 7) is 7.00. The van der Waals surface area contributed by atoms with Crippen LogP contribution in [0.3, 0.4) is 0 Å². The van der Waals surface area contributed by atoms with E-state index in [0.717, 1.165) is 5.75 Å². The predicted molar refractivity (Wildman–Crippen MR) is 69.8 cm³/mol. The Hall–Kier alpha value is -1.28. The third kappa shape index (κ3) is 3.70. The molecule has 0 saturated carbocycles. The fourth-order valence-electron chi connectivity index (χ4n) is 1.44. The van der Waals surface area contributed by atoms with Crippen LogP contribution in [0.15, 0.2) is 29.8 Å². The molecular formula is C14H21NO. The number of hydrogen-bond donors (Lipinski definition) is 1. The highest BCUT2D eigenvalue weighted by Gasteiger charge is 2.00. The first-order valence-corrected chi connectivity index (χ1v) is 5.75. The van der Waals surface area contributed by atoms with E-state index in [2.05, 4.69) is 37.4 Å². The molecule has 16 heavy (non-hydrogen) atoms. The van der Waals surface area contributed by atoms with Crippen LogP contribution < -0.4 is 10.1 Å². The minimum atomic E-state index is 0.409. The molecule has 0 fully saturated rings. The molecule has 1 unspecified atom stereocenters. The molecule has 0 bridgehead atoms. The maximum absolute atomic E-state index is 5.40. The van der Waals surface area contributed by atoms with Crippen LogP contribution in [0.1, 0.15) is 26.3 Å². The minimum Gasteiger partial charge on any atom is -0.494 e. The molecule has 0 amide bonds. The quantitative estimate of drug-likeness (QED) is 0.821. The van der Waals surface area contributed by atoms with Crippen molar-refractivity contribution in [3.05, 3.63) is 35.4 Å². The van der Waals surface area contributed by atoms with Gasteiger partial charge in [0, 0.05) is 6.04 Å². The number of benzene rings is 1. The normalized spacial score (nSPS) is 13.6. The molecular weight excluding hydrogens is 198 g/mol. The maximum Gasteiger partial charge on any atom is 0.119 e. The highest BCUT2D eigenvalue weighted by atomic mass is 16.5. The molecule has 0 saturated heterocycles. The molecule has 0 radical (unpaired) electrons. The molecule has 0 aliphatic heterocycles. The third-order valence-electron chi connectivity index (χ3n) is 2.70. The van der Waals surface area contributed by atoms with Gasteiger partial charge in [0.05, 0.1) is 6.61 Å².